The average Bonchev–Trinajstić information content (AvgIpc) is 2.33. The van der Waals surface area contributed by atoms with E-state index >= 15 is 0 Å². The monoisotopic (exact) mass is 214 g/mol. The minimum absolute atomic E-state index is 0.00998. The minimum atomic E-state index is -1.97. The lowest BCUT2D eigenvalue weighted by atomic mass is 9.84. The van der Waals surface area contributed by atoms with E-state index in [1.165, 1.54) is 12.2 Å². The predicted molar refractivity (Wildman–Crippen MR) is 60.8 cm³/mol. The fourth-order valence-corrected chi connectivity index (χ4v) is 1.74. The van der Waals surface area contributed by atoms with Gasteiger partial charge in [0.15, 0.2) is 0 Å². The van der Waals surface area contributed by atoms with E-state index in [1.54, 1.807) is 18.2 Å². The highest BCUT2D eigenvalue weighted by Crippen LogP contribution is 2.37. The van der Waals surface area contributed by atoms with E-state index in [4.69, 9.17) is 11.0 Å². The van der Waals surface area contributed by atoms with Gasteiger partial charge in [0.05, 0.1) is 0 Å². The number of nitrogens with two attached hydrogens (primary N) is 1. The highest BCUT2D eigenvalue weighted by molar-refractivity contribution is 5.78. The largest absolute Gasteiger partial charge is 0.399 e. The highest BCUT2D eigenvalue weighted by Gasteiger charge is 2.36. The molecule has 0 bridgehead atoms. The Morgan fingerprint density at radius 2 is 2.00 bits per heavy atom. The van der Waals surface area contributed by atoms with Crippen LogP contribution in [-0.2, 0) is 0 Å². The van der Waals surface area contributed by atoms with E-state index < -0.39 is 5.67 Å². The third kappa shape index (κ3) is 1.70. The molecular formula is C13H11FN2. The molecule has 0 spiro atoms. The van der Waals surface area contributed by atoms with E-state index in [0.29, 0.717) is 16.8 Å². The molecule has 0 amide bonds. The Morgan fingerprint density at radius 1 is 1.31 bits per heavy atom. The van der Waals surface area contributed by atoms with Crippen LogP contribution in [0.25, 0.3) is 5.57 Å². The van der Waals surface area contributed by atoms with E-state index in [0.717, 1.165) is 0 Å². The standard InChI is InChI=1S/C13H11FN2/c14-13(9-15)7-6-11(16)8-12(13)10-4-2-1-3-5-10/h1-6,8H,7,16H2. The van der Waals surface area contributed by atoms with Crippen LogP contribution >= 0.6 is 0 Å². The van der Waals surface area contributed by atoms with Crippen molar-refractivity contribution in [3.8, 4) is 6.07 Å². The molecule has 1 aliphatic rings. The van der Waals surface area contributed by atoms with E-state index in [-0.39, 0.29) is 6.42 Å². The Kier molecular flexibility index (Phi) is 2.49. The van der Waals surface area contributed by atoms with Gasteiger partial charge in [-0.1, -0.05) is 36.4 Å². The zero-order valence-corrected chi connectivity index (χ0v) is 8.65. The van der Waals surface area contributed by atoms with Crippen LogP contribution in [0.15, 0.2) is 48.2 Å². The van der Waals surface area contributed by atoms with Gasteiger partial charge >= 0.3 is 0 Å². The van der Waals surface area contributed by atoms with E-state index in [1.807, 2.05) is 18.2 Å². The summed E-state index contributed by atoms with van der Waals surface area (Å²) in [5, 5.41) is 8.93. The maximum Gasteiger partial charge on any atom is 0.225 e. The first-order valence-electron chi connectivity index (χ1n) is 4.99. The second-order valence-electron chi connectivity index (χ2n) is 3.75. The first-order valence-corrected chi connectivity index (χ1v) is 4.99. The van der Waals surface area contributed by atoms with Crippen LogP contribution in [0.1, 0.15) is 12.0 Å². The summed E-state index contributed by atoms with van der Waals surface area (Å²) in [4.78, 5) is 0. The number of nitriles is 1. The Bertz CT molecular complexity index is 496. The molecule has 2 rings (SSSR count). The molecule has 0 saturated heterocycles. The van der Waals surface area contributed by atoms with Gasteiger partial charge in [0.25, 0.3) is 0 Å². The lowest BCUT2D eigenvalue weighted by molar-refractivity contribution is 0.322. The molecule has 0 heterocycles. The molecule has 2 N–H and O–H groups in total. The molecule has 0 saturated carbocycles. The van der Waals surface area contributed by atoms with Crippen molar-refractivity contribution in [2.45, 2.75) is 12.1 Å². The quantitative estimate of drug-likeness (QED) is 0.781. The van der Waals surface area contributed by atoms with Gasteiger partial charge in [0.2, 0.25) is 5.67 Å². The fraction of sp³-hybridized carbons (Fsp3) is 0.154. The molecule has 1 unspecified atom stereocenters. The second kappa shape index (κ2) is 3.82. The van der Waals surface area contributed by atoms with Crippen molar-refractivity contribution in [3.63, 3.8) is 0 Å². The first kappa shape index (κ1) is 10.4. The van der Waals surface area contributed by atoms with Gasteiger partial charge in [0.1, 0.15) is 6.07 Å². The van der Waals surface area contributed by atoms with Gasteiger partial charge in [-0.3, -0.25) is 0 Å². The van der Waals surface area contributed by atoms with Crippen molar-refractivity contribution in [2.75, 3.05) is 0 Å². The van der Waals surface area contributed by atoms with Crippen LogP contribution < -0.4 is 5.73 Å². The predicted octanol–water partition coefficient (Wildman–Crippen LogP) is 2.55. The second-order valence-corrected chi connectivity index (χ2v) is 3.75. The summed E-state index contributed by atoms with van der Waals surface area (Å²) < 4.78 is 14.3. The van der Waals surface area contributed by atoms with Crippen molar-refractivity contribution in [1.29, 1.82) is 5.26 Å². The lowest BCUT2D eigenvalue weighted by Crippen LogP contribution is -2.25. The lowest BCUT2D eigenvalue weighted by Gasteiger charge is -2.23. The zero-order chi connectivity index (χ0) is 11.6. The summed E-state index contributed by atoms with van der Waals surface area (Å²) in [6, 6.07) is 10.7. The average molecular weight is 214 g/mol. The van der Waals surface area contributed by atoms with Gasteiger partial charge in [0, 0.05) is 17.7 Å². The van der Waals surface area contributed by atoms with Crippen LogP contribution in [0.5, 0.6) is 0 Å². The highest BCUT2D eigenvalue weighted by atomic mass is 19.1. The molecule has 0 aliphatic heterocycles. The molecule has 0 radical (unpaired) electrons. The number of halogens is 1. The van der Waals surface area contributed by atoms with Gasteiger partial charge in [-0.05, 0) is 11.6 Å². The summed E-state index contributed by atoms with van der Waals surface area (Å²) in [6.07, 6.45) is 3.08. The smallest absolute Gasteiger partial charge is 0.225 e. The summed E-state index contributed by atoms with van der Waals surface area (Å²) >= 11 is 0. The van der Waals surface area contributed by atoms with E-state index in [9.17, 15) is 4.39 Å². The molecule has 1 aromatic carbocycles. The fourth-order valence-electron chi connectivity index (χ4n) is 1.74. The van der Waals surface area contributed by atoms with Gasteiger partial charge in [-0.25, -0.2) is 4.39 Å². The number of nitrogens with zero attached hydrogens (tertiary/aromatic N) is 1. The van der Waals surface area contributed by atoms with Gasteiger partial charge in [-0.2, -0.15) is 5.26 Å². The Labute approximate surface area is 93.5 Å². The van der Waals surface area contributed by atoms with Crippen LogP contribution in [0.4, 0.5) is 4.39 Å². The van der Waals surface area contributed by atoms with Crippen molar-refractivity contribution in [3.05, 3.63) is 53.7 Å². The molecule has 3 heteroatoms. The maximum atomic E-state index is 14.3. The maximum absolute atomic E-state index is 14.3. The molecule has 0 fully saturated rings. The van der Waals surface area contributed by atoms with E-state index in [2.05, 4.69) is 0 Å². The summed E-state index contributed by atoms with van der Waals surface area (Å²) in [7, 11) is 0. The van der Waals surface area contributed by atoms with Gasteiger partial charge < -0.3 is 5.73 Å². The summed E-state index contributed by atoms with van der Waals surface area (Å²) in [5.74, 6) is 0. The third-order valence-corrected chi connectivity index (χ3v) is 2.62. The van der Waals surface area contributed by atoms with Crippen LogP contribution in [0.2, 0.25) is 0 Å². The topological polar surface area (TPSA) is 49.8 Å². The number of alkyl halides is 1. The van der Waals surface area contributed by atoms with Crippen molar-refractivity contribution < 1.29 is 4.39 Å². The molecule has 16 heavy (non-hydrogen) atoms. The third-order valence-electron chi connectivity index (χ3n) is 2.62. The first-order chi connectivity index (χ1) is 7.65. The Hall–Kier alpha value is -2.08. The van der Waals surface area contributed by atoms with Crippen LogP contribution in [0, 0.1) is 11.3 Å². The summed E-state index contributed by atoms with van der Waals surface area (Å²) in [6.45, 7) is 0. The Balaban J connectivity index is 2.52. The Morgan fingerprint density at radius 3 is 2.62 bits per heavy atom. The van der Waals surface area contributed by atoms with Crippen molar-refractivity contribution in [1.82, 2.24) is 0 Å². The summed E-state index contributed by atoms with van der Waals surface area (Å²) in [5.41, 5.74) is 5.22. The zero-order valence-electron chi connectivity index (χ0n) is 8.65. The van der Waals surface area contributed by atoms with Crippen molar-refractivity contribution in [2.24, 2.45) is 5.73 Å². The number of benzene rings is 1. The normalized spacial score (nSPS) is 24.2. The molecule has 1 aromatic rings. The van der Waals surface area contributed by atoms with Crippen LogP contribution in [0.3, 0.4) is 0 Å². The number of allylic oxidation sites excluding steroid dienone is 3. The molecule has 0 aromatic heterocycles. The number of rotatable bonds is 1. The minimum Gasteiger partial charge on any atom is -0.399 e. The molecule has 1 atom stereocenters. The van der Waals surface area contributed by atoms with Gasteiger partial charge in [-0.15, -0.1) is 0 Å². The molecular weight excluding hydrogens is 203 g/mol. The van der Waals surface area contributed by atoms with Crippen molar-refractivity contribution >= 4 is 5.57 Å². The number of hydrogen-bond donors (Lipinski definition) is 1. The molecule has 2 nitrogen and oxygen atoms in total. The molecule has 1 aliphatic carbocycles. The van der Waals surface area contributed by atoms with Crippen LogP contribution in [-0.4, -0.2) is 5.67 Å². The SMILES string of the molecule is N#CC1(F)CC=C(N)C=C1c1ccccc1. The molecule has 80 valence electrons. The number of hydrogen-bond acceptors (Lipinski definition) is 2.